The normalized spacial score (nSPS) is 32.9. The van der Waals surface area contributed by atoms with Crippen LogP contribution in [0.25, 0.3) is 11.2 Å². The number of ether oxygens (including phenoxy) is 1. The number of pyridine rings is 1. The molecule has 0 aromatic carbocycles. The standard InChI is InChI=1S/C13H17FN4O3/c1-13(5-19)10(20)7(4-14)12(21-13)18-6-17-9-8(15)2-3-16-11(9)18/h2-3,6-7,10,12,19-20H,4-5H2,1H3,(H2,15,16)/t7-,10-,12+,13+/m0/s1. The highest BCUT2D eigenvalue weighted by atomic mass is 19.1. The van der Waals surface area contributed by atoms with Gasteiger partial charge in [0.25, 0.3) is 0 Å². The molecule has 114 valence electrons. The molecule has 0 saturated carbocycles. The molecule has 4 atom stereocenters. The number of hydrogen-bond donors (Lipinski definition) is 3. The van der Waals surface area contributed by atoms with E-state index in [2.05, 4.69) is 9.97 Å². The Labute approximate surface area is 120 Å². The van der Waals surface area contributed by atoms with Gasteiger partial charge in [0.1, 0.15) is 17.3 Å². The molecule has 2 aromatic heterocycles. The molecule has 0 amide bonds. The van der Waals surface area contributed by atoms with Crippen molar-refractivity contribution >= 4 is 16.9 Å². The van der Waals surface area contributed by atoms with Gasteiger partial charge in [0.15, 0.2) is 5.65 Å². The Balaban J connectivity index is 2.08. The molecule has 0 aliphatic carbocycles. The summed E-state index contributed by atoms with van der Waals surface area (Å²) in [4.78, 5) is 8.35. The van der Waals surface area contributed by atoms with Crippen molar-refractivity contribution in [3.05, 3.63) is 18.6 Å². The first-order valence-corrected chi connectivity index (χ1v) is 6.61. The van der Waals surface area contributed by atoms with E-state index in [-0.39, 0.29) is 0 Å². The van der Waals surface area contributed by atoms with Gasteiger partial charge in [0.05, 0.1) is 37.3 Å². The summed E-state index contributed by atoms with van der Waals surface area (Å²) in [6.07, 6.45) is 1.05. The lowest BCUT2D eigenvalue weighted by Gasteiger charge is -2.25. The molecule has 0 radical (unpaired) electrons. The summed E-state index contributed by atoms with van der Waals surface area (Å²) in [6, 6.07) is 1.62. The summed E-state index contributed by atoms with van der Waals surface area (Å²) < 4.78 is 20.6. The molecule has 1 saturated heterocycles. The van der Waals surface area contributed by atoms with Gasteiger partial charge in [-0.15, -0.1) is 0 Å². The minimum atomic E-state index is -1.22. The molecule has 0 bridgehead atoms. The Morgan fingerprint density at radius 2 is 2.29 bits per heavy atom. The van der Waals surface area contributed by atoms with Crippen LogP contribution in [-0.4, -0.2) is 49.7 Å². The van der Waals surface area contributed by atoms with Crippen LogP contribution < -0.4 is 5.73 Å². The van der Waals surface area contributed by atoms with E-state index in [9.17, 15) is 14.6 Å². The van der Waals surface area contributed by atoms with Crippen molar-refractivity contribution in [3.8, 4) is 0 Å². The van der Waals surface area contributed by atoms with Crippen molar-refractivity contribution < 1.29 is 19.3 Å². The summed E-state index contributed by atoms with van der Waals surface area (Å²) >= 11 is 0. The van der Waals surface area contributed by atoms with Crippen molar-refractivity contribution in [1.82, 2.24) is 14.5 Å². The Kier molecular flexibility index (Phi) is 3.31. The third-order valence-electron chi connectivity index (χ3n) is 4.05. The number of nitrogens with zero attached hydrogens (tertiary/aromatic N) is 3. The second-order valence-corrected chi connectivity index (χ2v) is 5.47. The Morgan fingerprint density at radius 3 is 2.95 bits per heavy atom. The van der Waals surface area contributed by atoms with Gasteiger partial charge in [-0.25, -0.2) is 9.97 Å². The van der Waals surface area contributed by atoms with Gasteiger partial charge in [0, 0.05) is 6.20 Å². The van der Waals surface area contributed by atoms with Crippen LogP contribution in [0.15, 0.2) is 18.6 Å². The molecular formula is C13H17FN4O3. The Morgan fingerprint density at radius 1 is 1.52 bits per heavy atom. The highest BCUT2D eigenvalue weighted by molar-refractivity contribution is 5.83. The largest absolute Gasteiger partial charge is 0.397 e. The Bertz CT molecular complexity index is 664. The maximum Gasteiger partial charge on any atom is 0.164 e. The zero-order valence-corrected chi connectivity index (χ0v) is 11.5. The summed E-state index contributed by atoms with van der Waals surface area (Å²) in [6.45, 7) is 0.341. The molecule has 4 N–H and O–H groups in total. The number of aliphatic hydroxyl groups excluding tert-OH is 2. The first-order valence-electron chi connectivity index (χ1n) is 6.61. The zero-order chi connectivity index (χ0) is 15.2. The van der Waals surface area contributed by atoms with Crippen molar-refractivity contribution in [1.29, 1.82) is 0 Å². The van der Waals surface area contributed by atoms with Gasteiger partial charge >= 0.3 is 0 Å². The number of halogens is 1. The van der Waals surface area contributed by atoms with Gasteiger partial charge < -0.3 is 20.7 Å². The average Bonchev–Trinajstić information content (AvgIpc) is 3.01. The number of anilines is 1. The molecule has 7 nitrogen and oxygen atoms in total. The van der Waals surface area contributed by atoms with Crippen molar-refractivity contribution in [2.45, 2.75) is 24.9 Å². The summed E-state index contributed by atoms with van der Waals surface area (Å²) in [5.74, 6) is -0.817. The molecule has 0 unspecified atom stereocenters. The minimum Gasteiger partial charge on any atom is -0.397 e. The molecule has 1 aliphatic heterocycles. The van der Waals surface area contributed by atoms with E-state index in [4.69, 9.17) is 10.5 Å². The van der Waals surface area contributed by atoms with Crippen molar-refractivity contribution in [2.24, 2.45) is 5.92 Å². The minimum absolute atomic E-state index is 0.413. The number of rotatable bonds is 3. The van der Waals surface area contributed by atoms with Crippen LogP contribution in [0.1, 0.15) is 13.2 Å². The molecule has 0 spiro atoms. The van der Waals surface area contributed by atoms with Crippen molar-refractivity contribution in [2.75, 3.05) is 19.0 Å². The lowest BCUT2D eigenvalue weighted by Crippen LogP contribution is -2.42. The van der Waals surface area contributed by atoms with Crippen LogP contribution in [-0.2, 0) is 4.74 Å². The van der Waals surface area contributed by atoms with Gasteiger partial charge in [-0.3, -0.25) is 8.96 Å². The molecule has 21 heavy (non-hydrogen) atoms. The van der Waals surface area contributed by atoms with Crippen LogP contribution in [0.2, 0.25) is 0 Å². The SMILES string of the molecule is C[C@]1(CO)O[C@@H](n2cnc3c(N)ccnc32)[C@@H](CF)[C@@H]1O. The maximum absolute atomic E-state index is 13.3. The zero-order valence-electron chi connectivity index (χ0n) is 11.5. The first kappa shape index (κ1) is 14.2. The number of hydrogen-bond acceptors (Lipinski definition) is 6. The molecule has 1 aliphatic rings. The summed E-state index contributed by atoms with van der Waals surface area (Å²) in [7, 11) is 0. The van der Waals surface area contributed by atoms with Crippen molar-refractivity contribution in [3.63, 3.8) is 0 Å². The lowest BCUT2D eigenvalue weighted by molar-refractivity contribution is -0.115. The van der Waals surface area contributed by atoms with Crippen LogP contribution in [0, 0.1) is 5.92 Å². The smallest absolute Gasteiger partial charge is 0.164 e. The maximum atomic E-state index is 13.3. The quantitative estimate of drug-likeness (QED) is 0.749. The number of aromatic nitrogens is 3. The number of alkyl halides is 1. The van der Waals surface area contributed by atoms with Gasteiger partial charge in [-0.2, -0.15) is 0 Å². The Hall–Kier alpha value is -1.77. The van der Waals surface area contributed by atoms with Gasteiger partial charge in [0.2, 0.25) is 0 Å². The number of nitrogen functional groups attached to an aromatic ring is 1. The van der Waals surface area contributed by atoms with Gasteiger partial charge in [-0.05, 0) is 13.0 Å². The number of fused-ring (bicyclic) bond motifs is 1. The predicted molar refractivity (Wildman–Crippen MR) is 73.0 cm³/mol. The second-order valence-electron chi connectivity index (χ2n) is 5.47. The fourth-order valence-electron chi connectivity index (χ4n) is 2.74. The number of nitrogens with two attached hydrogens (primary N) is 1. The number of imidazole rings is 1. The van der Waals surface area contributed by atoms with E-state index in [1.165, 1.54) is 12.5 Å². The topological polar surface area (TPSA) is 106 Å². The third kappa shape index (κ3) is 1.98. The number of aliphatic hydroxyl groups is 2. The predicted octanol–water partition coefficient (Wildman–Crippen LogP) is 0.240. The first-order chi connectivity index (χ1) is 10.0. The van der Waals surface area contributed by atoms with Crippen LogP contribution in [0.4, 0.5) is 10.1 Å². The molecule has 1 fully saturated rings. The van der Waals surface area contributed by atoms with E-state index in [1.807, 2.05) is 0 Å². The van der Waals surface area contributed by atoms with Crippen LogP contribution in [0.5, 0.6) is 0 Å². The third-order valence-corrected chi connectivity index (χ3v) is 4.05. The highest BCUT2D eigenvalue weighted by Crippen LogP contribution is 2.42. The summed E-state index contributed by atoms with van der Waals surface area (Å²) in [5.41, 5.74) is 6.00. The van der Waals surface area contributed by atoms with Crippen LogP contribution >= 0.6 is 0 Å². The van der Waals surface area contributed by atoms with Gasteiger partial charge in [-0.1, -0.05) is 0 Å². The second kappa shape index (κ2) is 4.90. The molecule has 3 heterocycles. The van der Waals surface area contributed by atoms with E-state index >= 15 is 0 Å². The molecule has 2 aromatic rings. The highest BCUT2D eigenvalue weighted by Gasteiger charge is 2.52. The monoisotopic (exact) mass is 296 g/mol. The fraction of sp³-hybridized carbons (Fsp3) is 0.538. The molecule has 8 heteroatoms. The molecule has 3 rings (SSSR count). The fourth-order valence-corrected chi connectivity index (χ4v) is 2.74. The average molecular weight is 296 g/mol. The van der Waals surface area contributed by atoms with Crippen LogP contribution in [0.3, 0.4) is 0 Å². The van der Waals surface area contributed by atoms with E-state index < -0.39 is 37.1 Å². The van der Waals surface area contributed by atoms with E-state index in [0.29, 0.717) is 16.9 Å². The lowest BCUT2D eigenvalue weighted by atomic mass is 9.92. The van der Waals surface area contributed by atoms with E-state index in [1.54, 1.807) is 17.6 Å². The van der Waals surface area contributed by atoms with E-state index in [0.717, 1.165) is 0 Å². The molecular weight excluding hydrogens is 279 g/mol. The summed E-state index contributed by atoms with van der Waals surface area (Å²) in [5, 5.41) is 19.6.